The fourth-order valence-electron chi connectivity index (χ4n) is 2.79. The van der Waals surface area contributed by atoms with Crippen molar-refractivity contribution in [1.82, 2.24) is 0 Å². The minimum absolute atomic E-state index is 0.650. The number of hydrogen-bond acceptors (Lipinski definition) is 2. The molecule has 0 saturated heterocycles. The fourth-order valence-corrected chi connectivity index (χ4v) is 3.48. The molecule has 0 aliphatic carbocycles. The summed E-state index contributed by atoms with van der Waals surface area (Å²) in [4.78, 5) is 19.6. The van der Waals surface area contributed by atoms with E-state index >= 15 is 0 Å². The van der Waals surface area contributed by atoms with Crippen LogP contribution in [-0.4, -0.2) is 9.79 Å². The van der Waals surface area contributed by atoms with Crippen LogP contribution in [0.2, 0.25) is 0 Å². The van der Waals surface area contributed by atoms with E-state index in [-0.39, 0.29) is 0 Å². The molecule has 0 fully saturated rings. The molecule has 3 heteroatoms. The van der Waals surface area contributed by atoms with Crippen molar-refractivity contribution in [2.24, 2.45) is 0 Å². The van der Waals surface area contributed by atoms with Crippen LogP contribution in [0.3, 0.4) is 0 Å². The van der Waals surface area contributed by atoms with Gasteiger partial charge < -0.3 is 9.79 Å². The van der Waals surface area contributed by atoms with E-state index in [9.17, 15) is 9.79 Å². The Bertz CT molecular complexity index is 755. The van der Waals surface area contributed by atoms with E-state index in [2.05, 4.69) is 30.3 Å². The average molecular weight is 322 g/mol. The van der Waals surface area contributed by atoms with Crippen LogP contribution in [-0.2, 0) is 12.8 Å². The van der Waals surface area contributed by atoms with E-state index in [4.69, 9.17) is 0 Å². The van der Waals surface area contributed by atoms with E-state index in [0.29, 0.717) is 11.7 Å². The minimum atomic E-state index is -2.10. The lowest BCUT2D eigenvalue weighted by Crippen LogP contribution is -2.12. The van der Waals surface area contributed by atoms with Gasteiger partial charge in [0.15, 0.2) is 8.38 Å². The molecule has 3 rings (SSSR count). The Morgan fingerprint density at radius 1 is 0.609 bits per heavy atom. The maximum absolute atomic E-state index is 9.79. The normalized spacial score (nSPS) is 10.9. The molecule has 0 atom stereocenters. The lowest BCUT2D eigenvalue weighted by atomic mass is 9.95. The van der Waals surface area contributed by atoms with Gasteiger partial charge in [0.1, 0.15) is 0 Å². The van der Waals surface area contributed by atoms with Crippen molar-refractivity contribution in [3.05, 3.63) is 101 Å². The van der Waals surface area contributed by atoms with Gasteiger partial charge in [-0.1, -0.05) is 72.8 Å². The molecule has 3 aromatic rings. The van der Waals surface area contributed by atoms with Crippen LogP contribution < -0.4 is 5.30 Å². The highest BCUT2D eigenvalue weighted by atomic mass is 31.2. The molecule has 0 bridgehead atoms. The molecule has 0 aliphatic heterocycles. The largest absolute Gasteiger partial charge is 0.347 e. The Hall–Kier alpha value is -1.99. The van der Waals surface area contributed by atoms with Gasteiger partial charge in [-0.3, -0.25) is 0 Å². The van der Waals surface area contributed by atoms with Crippen molar-refractivity contribution >= 4 is 13.7 Å². The summed E-state index contributed by atoms with van der Waals surface area (Å²) in [5, 5.41) is 0.650. The first-order chi connectivity index (χ1) is 11.2. The maximum atomic E-state index is 9.79. The van der Waals surface area contributed by atoms with Crippen LogP contribution in [0.4, 0.5) is 0 Å². The molecule has 0 aliphatic rings. The minimum Gasteiger partial charge on any atom is -0.347 e. The lowest BCUT2D eigenvalue weighted by molar-refractivity contribution is 0.496. The lowest BCUT2D eigenvalue weighted by Gasteiger charge is -2.16. The maximum Gasteiger partial charge on any atom is 0.199 e. The molecule has 0 amide bonds. The number of benzene rings is 3. The van der Waals surface area contributed by atoms with Crippen molar-refractivity contribution in [1.29, 1.82) is 0 Å². The summed E-state index contributed by atoms with van der Waals surface area (Å²) < 4.78 is 0. The highest BCUT2D eigenvalue weighted by Crippen LogP contribution is 2.28. The molecule has 2 N–H and O–H groups in total. The van der Waals surface area contributed by atoms with Crippen LogP contribution in [0.5, 0.6) is 0 Å². The molecular weight excluding hydrogens is 303 g/mol. The summed E-state index contributed by atoms with van der Waals surface area (Å²) in [6, 6.07) is 26.2. The molecule has 23 heavy (non-hydrogen) atoms. The van der Waals surface area contributed by atoms with Gasteiger partial charge >= 0.3 is 0 Å². The summed E-state index contributed by atoms with van der Waals surface area (Å²) in [6.07, 6.45) is 1.50. The Morgan fingerprint density at radius 2 is 1.17 bits per heavy atom. The van der Waals surface area contributed by atoms with Crippen molar-refractivity contribution in [2.45, 2.75) is 12.8 Å². The Morgan fingerprint density at radius 3 is 1.74 bits per heavy atom. The summed E-state index contributed by atoms with van der Waals surface area (Å²) in [5.41, 5.74) is 4.57. The molecule has 0 saturated carbocycles. The molecule has 0 heterocycles. The van der Waals surface area contributed by atoms with Crippen LogP contribution in [0, 0.1) is 0 Å². The van der Waals surface area contributed by atoms with E-state index in [0.717, 1.165) is 17.5 Å². The predicted octanol–water partition coefficient (Wildman–Crippen LogP) is 3.79. The number of hydrogen-bond donors (Lipinski definition) is 2. The Labute approximate surface area is 138 Å². The summed E-state index contributed by atoms with van der Waals surface area (Å²) in [5.74, 6) is 0. The molecule has 0 spiro atoms. The van der Waals surface area contributed by atoms with Crippen LogP contribution in [0.1, 0.15) is 22.3 Å². The third-order valence-corrected chi connectivity index (χ3v) is 4.77. The van der Waals surface area contributed by atoms with Crippen molar-refractivity contribution in [3.63, 3.8) is 0 Å². The van der Waals surface area contributed by atoms with E-state index in [1.807, 2.05) is 48.5 Å². The van der Waals surface area contributed by atoms with Gasteiger partial charge in [0.2, 0.25) is 0 Å². The third kappa shape index (κ3) is 4.05. The molecular formula is C20H19O2P. The first-order valence-electron chi connectivity index (χ1n) is 7.60. The van der Waals surface area contributed by atoms with Crippen LogP contribution in [0.25, 0.3) is 0 Å². The van der Waals surface area contributed by atoms with Gasteiger partial charge in [-0.25, -0.2) is 0 Å². The summed E-state index contributed by atoms with van der Waals surface area (Å²) >= 11 is 0. The second kappa shape index (κ2) is 7.52. The van der Waals surface area contributed by atoms with Crippen molar-refractivity contribution in [3.8, 4) is 0 Å². The highest BCUT2D eigenvalue weighted by Gasteiger charge is 2.15. The van der Waals surface area contributed by atoms with E-state index in [1.54, 1.807) is 0 Å². The zero-order chi connectivity index (χ0) is 16.1. The fraction of sp³-hybridized carbons (Fsp3) is 0.100. The second-order valence-electron chi connectivity index (χ2n) is 5.53. The van der Waals surface area contributed by atoms with Gasteiger partial charge in [0.25, 0.3) is 0 Å². The monoisotopic (exact) mass is 322 g/mol. The van der Waals surface area contributed by atoms with Gasteiger partial charge in [-0.15, -0.1) is 0 Å². The first-order valence-corrected chi connectivity index (χ1v) is 8.85. The zero-order valence-electron chi connectivity index (χ0n) is 12.8. The quantitative estimate of drug-likeness (QED) is 0.702. The predicted molar refractivity (Wildman–Crippen MR) is 95.9 cm³/mol. The molecule has 0 radical (unpaired) electrons. The van der Waals surface area contributed by atoms with Gasteiger partial charge in [-0.05, 0) is 41.2 Å². The van der Waals surface area contributed by atoms with Crippen LogP contribution >= 0.6 is 8.38 Å². The standard InChI is InChI=1S/C20H19O2P/c21-23(22)20-13-7-12-18(14-16-8-3-1-4-9-16)19(20)15-17-10-5-2-6-11-17/h1-13,21-22H,14-15H2. The highest BCUT2D eigenvalue weighted by molar-refractivity contribution is 7.54. The van der Waals surface area contributed by atoms with E-state index < -0.39 is 8.38 Å². The molecule has 0 aromatic heterocycles. The molecule has 116 valence electrons. The first kappa shape index (κ1) is 15.9. The Balaban J connectivity index is 1.99. The molecule has 2 nitrogen and oxygen atoms in total. The van der Waals surface area contributed by atoms with Crippen molar-refractivity contribution in [2.75, 3.05) is 0 Å². The van der Waals surface area contributed by atoms with Gasteiger partial charge in [0.05, 0.1) is 0 Å². The topological polar surface area (TPSA) is 40.5 Å². The van der Waals surface area contributed by atoms with Crippen LogP contribution in [0.15, 0.2) is 78.9 Å². The van der Waals surface area contributed by atoms with Gasteiger partial charge in [0, 0.05) is 5.30 Å². The smallest absolute Gasteiger partial charge is 0.199 e. The van der Waals surface area contributed by atoms with Crippen molar-refractivity contribution < 1.29 is 9.79 Å². The SMILES string of the molecule is OP(O)c1cccc(Cc2ccccc2)c1Cc1ccccc1. The zero-order valence-corrected chi connectivity index (χ0v) is 13.7. The second-order valence-corrected chi connectivity index (χ2v) is 6.59. The number of rotatable bonds is 5. The summed E-state index contributed by atoms with van der Waals surface area (Å²) in [7, 11) is -2.10. The average Bonchev–Trinajstić information content (AvgIpc) is 2.58. The Kier molecular flexibility index (Phi) is 5.19. The molecule has 0 unspecified atom stereocenters. The molecule has 3 aromatic carbocycles. The third-order valence-electron chi connectivity index (χ3n) is 3.92. The summed E-state index contributed by atoms with van der Waals surface area (Å²) in [6.45, 7) is 0. The van der Waals surface area contributed by atoms with E-state index in [1.165, 1.54) is 11.1 Å². The van der Waals surface area contributed by atoms with Gasteiger partial charge in [-0.2, -0.15) is 0 Å².